The number of rotatable bonds is 7. The van der Waals surface area contributed by atoms with Crippen LogP contribution in [0.1, 0.15) is 16.7 Å². The van der Waals surface area contributed by atoms with Crippen molar-refractivity contribution < 1.29 is 9.00 Å². The molecule has 0 saturated carbocycles. The van der Waals surface area contributed by atoms with E-state index in [1.165, 1.54) is 0 Å². The number of piperazine rings is 1. The number of nitrogens with one attached hydrogen (secondary N) is 2. The molecule has 1 amide bonds. The van der Waals surface area contributed by atoms with Gasteiger partial charge in [0, 0.05) is 43.3 Å². The minimum absolute atomic E-state index is 0.00976. The summed E-state index contributed by atoms with van der Waals surface area (Å²) < 4.78 is 15.1. The highest BCUT2D eigenvalue weighted by Crippen LogP contribution is 2.25. The first-order chi connectivity index (χ1) is 19.9. The molecule has 10 nitrogen and oxygen atoms in total. The number of carbonyl (C=O) groups excluding carboxylic acids is 1. The van der Waals surface area contributed by atoms with Gasteiger partial charge in [0.2, 0.25) is 5.91 Å². The molecule has 2 N–H and O–H groups in total. The van der Waals surface area contributed by atoms with E-state index in [-0.39, 0.29) is 16.6 Å². The Labute approximate surface area is 239 Å². The monoisotopic (exact) mass is 569 g/mol. The van der Waals surface area contributed by atoms with E-state index >= 15 is 0 Å². The van der Waals surface area contributed by atoms with E-state index in [1.807, 2.05) is 74.5 Å². The Kier molecular flexibility index (Phi) is 7.38. The van der Waals surface area contributed by atoms with Crippen LogP contribution in [0.15, 0.2) is 81.4 Å². The molecule has 41 heavy (non-hydrogen) atoms. The summed E-state index contributed by atoms with van der Waals surface area (Å²) in [5.74, 6) is 0.00976. The molecule has 5 aromatic rings. The number of aryl methyl sites for hydroxylation is 2. The van der Waals surface area contributed by atoms with E-state index in [9.17, 15) is 13.8 Å². The molecule has 1 unspecified atom stereocenters. The van der Waals surface area contributed by atoms with Gasteiger partial charge in [-0.2, -0.15) is 4.98 Å². The van der Waals surface area contributed by atoms with Crippen LogP contribution >= 0.6 is 0 Å². The Balaban J connectivity index is 1.18. The summed E-state index contributed by atoms with van der Waals surface area (Å²) >= 11 is 0. The average molecular weight is 570 g/mol. The first-order valence-corrected chi connectivity index (χ1v) is 14.7. The fraction of sp³-hybridized carbons (Fsp3) is 0.267. The zero-order chi connectivity index (χ0) is 28.5. The second-order valence-corrected chi connectivity index (χ2v) is 11.7. The maximum atomic E-state index is 13.5. The largest absolute Gasteiger partial charge is 0.369 e. The minimum atomic E-state index is -1.61. The van der Waals surface area contributed by atoms with Gasteiger partial charge in [-0.05, 0) is 49.2 Å². The molecule has 2 aromatic heterocycles. The Bertz CT molecular complexity index is 1830. The second-order valence-electron chi connectivity index (χ2n) is 10.4. The molecule has 1 fully saturated rings. The number of benzene rings is 3. The maximum absolute atomic E-state index is 13.5. The lowest BCUT2D eigenvalue weighted by Crippen LogP contribution is -2.49. The Morgan fingerprint density at radius 1 is 1.00 bits per heavy atom. The number of carbonyl (C=O) groups is 1. The first-order valence-electron chi connectivity index (χ1n) is 13.6. The number of hydrogen-bond donors (Lipinski definition) is 2. The van der Waals surface area contributed by atoms with Crippen molar-refractivity contribution in [1.82, 2.24) is 30.0 Å². The molecule has 1 aliphatic rings. The predicted molar refractivity (Wildman–Crippen MR) is 159 cm³/mol. The Hall–Kier alpha value is -4.35. The molecule has 6 rings (SSSR count). The first kappa shape index (κ1) is 26.9. The molecular formula is C30H31N7O3S. The van der Waals surface area contributed by atoms with Crippen LogP contribution in [0, 0.1) is 13.8 Å². The van der Waals surface area contributed by atoms with Crippen LogP contribution in [0.4, 0.5) is 5.69 Å². The van der Waals surface area contributed by atoms with Gasteiger partial charge in [0.15, 0.2) is 10.7 Å². The lowest BCUT2D eigenvalue weighted by Gasteiger charge is -2.35. The molecule has 11 heteroatoms. The summed E-state index contributed by atoms with van der Waals surface area (Å²) in [6, 6.07) is 21.2. The van der Waals surface area contributed by atoms with Crippen LogP contribution in [0.25, 0.3) is 16.6 Å². The van der Waals surface area contributed by atoms with Crippen molar-refractivity contribution in [2.24, 2.45) is 0 Å². The third kappa shape index (κ3) is 5.50. The average Bonchev–Trinajstić information content (AvgIpc) is 3.40. The Morgan fingerprint density at radius 2 is 1.78 bits per heavy atom. The van der Waals surface area contributed by atoms with Crippen molar-refractivity contribution in [3.8, 4) is 0 Å². The number of hydrogen-bond acceptors (Lipinski definition) is 7. The van der Waals surface area contributed by atoms with Crippen LogP contribution < -0.4 is 15.8 Å². The van der Waals surface area contributed by atoms with Crippen LogP contribution in [-0.2, 0) is 22.1 Å². The van der Waals surface area contributed by atoms with E-state index < -0.39 is 16.4 Å². The SMILES string of the molecule is Cc1ccc(S(=O)c2n[nH]n3c2nc(=O)c2ccc(N4CCN(CC(=O)NCc5ccccc5)CC4)cc23)c(C)c1. The maximum Gasteiger partial charge on any atom is 0.281 e. The van der Waals surface area contributed by atoms with Gasteiger partial charge in [0.1, 0.15) is 10.8 Å². The highest BCUT2D eigenvalue weighted by atomic mass is 32.2. The van der Waals surface area contributed by atoms with E-state index in [4.69, 9.17) is 0 Å². The normalized spacial score (nSPS) is 14.9. The van der Waals surface area contributed by atoms with Crippen LogP contribution in [0.5, 0.6) is 0 Å². The van der Waals surface area contributed by atoms with Crippen LogP contribution in [0.3, 0.4) is 0 Å². The van der Waals surface area contributed by atoms with E-state index in [2.05, 4.69) is 30.4 Å². The van der Waals surface area contributed by atoms with Crippen molar-refractivity contribution in [3.05, 3.63) is 93.8 Å². The van der Waals surface area contributed by atoms with Gasteiger partial charge >= 0.3 is 0 Å². The lowest BCUT2D eigenvalue weighted by molar-refractivity contribution is -0.122. The van der Waals surface area contributed by atoms with E-state index in [0.29, 0.717) is 28.9 Å². The van der Waals surface area contributed by atoms with Crippen molar-refractivity contribution in [2.45, 2.75) is 30.3 Å². The van der Waals surface area contributed by atoms with Gasteiger partial charge in [0.05, 0.1) is 17.4 Å². The van der Waals surface area contributed by atoms with Gasteiger partial charge < -0.3 is 10.2 Å². The van der Waals surface area contributed by atoms with Crippen molar-refractivity contribution in [1.29, 1.82) is 0 Å². The number of H-pyrrole nitrogens is 1. The summed E-state index contributed by atoms with van der Waals surface area (Å²) in [7, 11) is -1.61. The molecule has 210 valence electrons. The molecule has 3 heterocycles. The molecule has 0 bridgehead atoms. The molecular weight excluding hydrogens is 538 g/mol. The molecule has 3 aromatic carbocycles. The summed E-state index contributed by atoms with van der Waals surface area (Å²) in [5, 5.41) is 10.9. The molecule has 0 spiro atoms. The third-order valence-electron chi connectivity index (χ3n) is 7.46. The van der Waals surface area contributed by atoms with Crippen molar-refractivity contribution >= 4 is 38.9 Å². The fourth-order valence-corrected chi connectivity index (χ4v) is 6.43. The van der Waals surface area contributed by atoms with E-state index in [0.717, 1.165) is 48.6 Å². The Morgan fingerprint density at radius 3 is 2.54 bits per heavy atom. The van der Waals surface area contributed by atoms with Gasteiger partial charge in [-0.3, -0.25) is 14.5 Å². The summed E-state index contributed by atoms with van der Waals surface area (Å²) in [5.41, 5.74) is 4.49. The number of amides is 1. The molecule has 1 saturated heterocycles. The van der Waals surface area contributed by atoms with Crippen molar-refractivity contribution in [2.75, 3.05) is 37.6 Å². The quantitative estimate of drug-likeness (QED) is 0.310. The van der Waals surface area contributed by atoms with E-state index in [1.54, 1.807) is 10.6 Å². The van der Waals surface area contributed by atoms with Crippen LogP contribution in [-0.4, -0.2) is 67.6 Å². The number of anilines is 1. The molecule has 0 aliphatic carbocycles. The zero-order valence-electron chi connectivity index (χ0n) is 23.0. The highest BCUT2D eigenvalue weighted by molar-refractivity contribution is 7.85. The number of aromatic nitrogens is 4. The van der Waals surface area contributed by atoms with Gasteiger partial charge in [0.25, 0.3) is 5.56 Å². The summed E-state index contributed by atoms with van der Waals surface area (Å²) in [4.78, 5) is 34.7. The molecule has 0 radical (unpaired) electrons. The summed E-state index contributed by atoms with van der Waals surface area (Å²) in [6.07, 6.45) is 0. The topological polar surface area (TPSA) is 116 Å². The lowest BCUT2D eigenvalue weighted by atomic mass is 10.2. The van der Waals surface area contributed by atoms with Gasteiger partial charge in [-0.1, -0.05) is 48.0 Å². The number of nitrogens with zero attached hydrogens (tertiary/aromatic N) is 5. The number of fused-ring (bicyclic) bond motifs is 3. The van der Waals surface area contributed by atoms with Crippen LogP contribution in [0.2, 0.25) is 0 Å². The second kappa shape index (κ2) is 11.3. The highest BCUT2D eigenvalue weighted by Gasteiger charge is 2.22. The third-order valence-corrected chi connectivity index (χ3v) is 8.94. The smallest absolute Gasteiger partial charge is 0.281 e. The summed E-state index contributed by atoms with van der Waals surface area (Å²) in [6.45, 7) is 7.74. The predicted octanol–water partition coefficient (Wildman–Crippen LogP) is 2.79. The van der Waals surface area contributed by atoms with Gasteiger partial charge in [-0.15, -0.1) is 5.10 Å². The standard InChI is InChI=1S/C30H31N7O3S/c1-20-8-11-26(21(2)16-20)41(40)30-28-32-29(39)24-10-9-23(17-25(24)37(28)34-33-30)36-14-12-35(13-15-36)19-27(38)31-18-22-6-4-3-5-7-22/h3-11,16-17,34H,12-15,18-19H2,1-2H3,(H,31,38). The molecule has 1 atom stereocenters. The minimum Gasteiger partial charge on any atom is -0.369 e. The molecule has 1 aliphatic heterocycles. The zero-order valence-corrected chi connectivity index (χ0v) is 23.8. The number of aromatic amines is 1. The van der Waals surface area contributed by atoms with Crippen molar-refractivity contribution in [3.63, 3.8) is 0 Å². The van der Waals surface area contributed by atoms with Gasteiger partial charge in [-0.25, -0.2) is 13.9 Å². The fourth-order valence-electron chi connectivity index (χ4n) is 5.25.